The summed E-state index contributed by atoms with van der Waals surface area (Å²) in [6, 6.07) is 10.6. The summed E-state index contributed by atoms with van der Waals surface area (Å²) in [6.45, 7) is 1.14. The quantitative estimate of drug-likeness (QED) is 0.600. The molecule has 0 bridgehead atoms. The van der Waals surface area contributed by atoms with Crippen molar-refractivity contribution in [2.45, 2.75) is 0 Å². The number of hydrogen-bond donors (Lipinski definition) is 0. The molecule has 11 heteroatoms. The minimum atomic E-state index is -3.25. The number of sulfonamides is 1. The van der Waals surface area contributed by atoms with Gasteiger partial charge in [0.1, 0.15) is 11.4 Å². The SMILES string of the molecule is CS(=O)(=O)N1CCN(C(=O)c2ccnc(Oc3ccc(-n4cccn4)cc3)n2)CC1. The third kappa shape index (κ3) is 4.47. The highest BCUT2D eigenvalue weighted by Crippen LogP contribution is 2.20. The molecule has 0 atom stereocenters. The van der Waals surface area contributed by atoms with Crippen molar-refractivity contribution >= 4 is 15.9 Å². The molecule has 3 heterocycles. The summed E-state index contributed by atoms with van der Waals surface area (Å²) >= 11 is 0. The molecule has 0 saturated carbocycles. The van der Waals surface area contributed by atoms with E-state index in [1.807, 2.05) is 24.4 Å². The van der Waals surface area contributed by atoms with Crippen LogP contribution < -0.4 is 4.74 Å². The van der Waals surface area contributed by atoms with Crippen LogP contribution in [0.5, 0.6) is 11.8 Å². The highest BCUT2D eigenvalue weighted by atomic mass is 32.2. The lowest BCUT2D eigenvalue weighted by Gasteiger charge is -2.33. The summed E-state index contributed by atoms with van der Waals surface area (Å²) in [5.41, 5.74) is 1.08. The zero-order chi connectivity index (χ0) is 21.1. The molecule has 1 saturated heterocycles. The van der Waals surface area contributed by atoms with Gasteiger partial charge in [-0.25, -0.2) is 18.1 Å². The van der Waals surface area contributed by atoms with Gasteiger partial charge in [-0.05, 0) is 36.4 Å². The van der Waals surface area contributed by atoms with E-state index in [-0.39, 0.29) is 30.7 Å². The smallest absolute Gasteiger partial charge is 0.322 e. The average Bonchev–Trinajstić information content (AvgIpc) is 3.28. The molecule has 10 nitrogen and oxygen atoms in total. The van der Waals surface area contributed by atoms with Crippen molar-refractivity contribution in [1.29, 1.82) is 0 Å². The fourth-order valence-corrected chi connectivity index (χ4v) is 3.91. The van der Waals surface area contributed by atoms with Gasteiger partial charge < -0.3 is 9.64 Å². The Morgan fingerprint density at radius 2 is 1.77 bits per heavy atom. The Bertz CT molecular complexity index is 1120. The first kappa shape index (κ1) is 20.0. The number of rotatable bonds is 5. The molecule has 3 aromatic rings. The lowest BCUT2D eigenvalue weighted by atomic mass is 10.3. The Labute approximate surface area is 173 Å². The maximum Gasteiger partial charge on any atom is 0.322 e. The number of carbonyl (C=O) groups is 1. The number of hydrogen-bond acceptors (Lipinski definition) is 7. The van der Waals surface area contributed by atoms with Gasteiger partial charge in [0.05, 0.1) is 11.9 Å². The van der Waals surface area contributed by atoms with E-state index in [0.29, 0.717) is 18.8 Å². The Morgan fingerprint density at radius 1 is 1.03 bits per heavy atom. The summed E-state index contributed by atoms with van der Waals surface area (Å²) < 4.78 is 32.0. The normalized spacial score (nSPS) is 15.2. The molecule has 4 rings (SSSR count). The highest BCUT2D eigenvalue weighted by molar-refractivity contribution is 7.88. The van der Waals surface area contributed by atoms with Gasteiger partial charge in [-0.3, -0.25) is 4.79 Å². The number of benzene rings is 1. The monoisotopic (exact) mass is 428 g/mol. The third-order valence-electron chi connectivity index (χ3n) is 4.66. The Kier molecular flexibility index (Phi) is 5.46. The molecule has 1 fully saturated rings. The van der Waals surface area contributed by atoms with Gasteiger partial charge in [-0.1, -0.05) is 0 Å². The molecule has 156 valence electrons. The van der Waals surface area contributed by atoms with Crippen molar-refractivity contribution < 1.29 is 17.9 Å². The molecule has 1 aliphatic heterocycles. The first-order chi connectivity index (χ1) is 14.4. The zero-order valence-electron chi connectivity index (χ0n) is 16.2. The minimum absolute atomic E-state index is 0.0578. The van der Waals surface area contributed by atoms with Gasteiger partial charge in [0, 0.05) is 44.8 Å². The van der Waals surface area contributed by atoms with Crippen LogP contribution in [0.3, 0.4) is 0 Å². The molecular formula is C19H20N6O4S. The lowest BCUT2D eigenvalue weighted by Crippen LogP contribution is -2.50. The van der Waals surface area contributed by atoms with Crippen molar-refractivity contribution in [2.75, 3.05) is 32.4 Å². The summed E-state index contributed by atoms with van der Waals surface area (Å²) in [7, 11) is -3.25. The predicted molar refractivity (Wildman–Crippen MR) is 108 cm³/mol. The Hall–Kier alpha value is -3.31. The van der Waals surface area contributed by atoms with Crippen molar-refractivity contribution in [3.8, 4) is 17.4 Å². The van der Waals surface area contributed by atoms with Crippen molar-refractivity contribution in [3.63, 3.8) is 0 Å². The fraction of sp³-hybridized carbons (Fsp3) is 0.263. The second-order valence-corrected chi connectivity index (χ2v) is 8.71. The van der Waals surface area contributed by atoms with Crippen molar-refractivity contribution in [3.05, 3.63) is 60.7 Å². The van der Waals surface area contributed by atoms with Crippen LogP contribution >= 0.6 is 0 Å². The number of ether oxygens (including phenoxy) is 1. The summed E-state index contributed by atoms with van der Waals surface area (Å²) in [5.74, 6) is 0.238. The molecule has 1 aliphatic rings. The molecule has 1 aromatic carbocycles. The average molecular weight is 428 g/mol. The highest BCUT2D eigenvalue weighted by Gasteiger charge is 2.27. The van der Waals surface area contributed by atoms with Crippen LogP contribution in [0.2, 0.25) is 0 Å². The van der Waals surface area contributed by atoms with Gasteiger partial charge in [-0.15, -0.1) is 0 Å². The van der Waals surface area contributed by atoms with E-state index in [1.54, 1.807) is 27.9 Å². The van der Waals surface area contributed by atoms with E-state index in [2.05, 4.69) is 15.1 Å². The van der Waals surface area contributed by atoms with E-state index in [9.17, 15) is 13.2 Å². The first-order valence-corrected chi connectivity index (χ1v) is 11.1. The summed E-state index contributed by atoms with van der Waals surface area (Å²) in [6.07, 6.45) is 6.16. The molecule has 2 aromatic heterocycles. The van der Waals surface area contributed by atoms with Crippen LogP contribution in [0.25, 0.3) is 5.69 Å². The maximum absolute atomic E-state index is 12.7. The molecular weight excluding hydrogens is 408 g/mol. The van der Waals surface area contributed by atoms with E-state index in [0.717, 1.165) is 5.69 Å². The summed E-state index contributed by atoms with van der Waals surface area (Å²) in [4.78, 5) is 22.6. The third-order valence-corrected chi connectivity index (χ3v) is 5.97. The van der Waals surface area contributed by atoms with E-state index < -0.39 is 10.0 Å². The molecule has 0 unspecified atom stereocenters. The Morgan fingerprint density at radius 3 is 2.40 bits per heavy atom. The molecule has 0 spiro atoms. The summed E-state index contributed by atoms with van der Waals surface area (Å²) in [5, 5.41) is 4.17. The first-order valence-electron chi connectivity index (χ1n) is 9.25. The number of amides is 1. The van der Waals surface area contributed by atoms with Crippen LogP contribution in [0.1, 0.15) is 10.5 Å². The second kappa shape index (κ2) is 8.20. The second-order valence-electron chi connectivity index (χ2n) is 6.73. The van der Waals surface area contributed by atoms with Crippen LogP contribution in [-0.2, 0) is 10.0 Å². The molecule has 0 aliphatic carbocycles. The standard InChI is InChI=1S/C19H20N6O4S/c1-30(27,28)24-13-11-23(12-14-24)18(26)17-7-9-20-19(22-17)29-16-5-3-15(4-6-16)25-10-2-8-21-25/h2-10H,11-14H2,1H3. The molecule has 1 amide bonds. The van der Waals surface area contributed by atoms with Gasteiger partial charge in [0.2, 0.25) is 10.0 Å². The van der Waals surface area contributed by atoms with E-state index in [1.165, 1.54) is 22.8 Å². The van der Waals surface area contributed by atoms with Crippen molar-refractivity contribution in [2.24, 2.45) is 0 Å². The molecule has 0 radical (unpaired) electrons. The van der Waals surface area contributed by atoms with Crippen LogP contribution in [0, 0.1) is 0 Å². The van der Waals surface area contributed by atoms with Gasteiger partial charge in [-0.2, -0.15) is 14.4 Å². The van der Waals surface area contributed by atoms with Gasteiger partial charge in [0.15, 0.2) is 0 Å². The lowest BCUT2D eigenvalue weighted by molar-refractivity contribution is 0.0691. The maximum atomic E-state index is 12.7. The number of aromatic nitrogens is 4. The van der Waals surface area contributed by atoms with Crippen LogP contribution in [-0.4, -0.2) is 75.7 Å². The van der Waals surface area contributed by atoms with Gasteiger partial charge in [0.25, 0.3) is 5.91 Å². The van der Waals surface area contributed by atoms with Crippen LogP contribution in [0.4, 0.5) is 0 Å². The molecule has 30 heavy (non-hydrogen) atoms. The largest absolute Gasteiger partial charge is 0.424 e. The number of carbonyl (C=O) groups excluding carboxylic acids is 1. The van der Waals surface area contributed by atoms with E-state index >= 15 is 0 Å². The zero-order valence-corrected chi connectivity index (χ0v) is 17.1. The number of piperazine rings is 1. The van der Waals surface area contributed by atoms with E-state index in [4.69, 9.17) is 4.74 Å². The fourth-order valence-electron chi connectivity index (χ4n) is 3.09. The topological polar surface area (TPSA) is 111 Å². The minimum Gasteiger partial charge on any atom is -0.424 e. The van der Waals surface area contributed by atoms with Crippen LogP contribution in [0.15, 0.2) is 55.0 Å². The Balaban J connectivity index is 1.42. The predicted octanol–water partition coefficient (Wildman–Crippen LogP) is 1.17. The molecule has 0 N–H and O–H groups in total. The van der Waals surface area contributed by atoms with Gasteiger partial charge >= 0.3 is 6.01 Å². The van der Waals surface area contributed by atoms with Crippen molar-refractivity contribution in [1.82, 2.24) is 29.0 Å². The number of nitrogens with zero attached hydrogens (tertiary/aromatic N) is 6.